The van der Waals surface area contributed by atoms with E-state index in [1.807, 2.05) is 0 Å². The number of aromatic nitrogens is 1. The number of nitrogens with two attached hydrogens (primary N) is 1. The van der Waals surface area contributed by atoms with Crippen LogP contribution in [0, 0.1) is 0 Å². The van der Waals surface area contributed by atoms with Gasteiger partial charge in [0.25, 0.3) is 11.6 Å². The third-order valence-electron chi connectivity index (χ3n) is 6.17. The molecule has 0 aliphatic heterocycles. The molecule has 1 aromatic heterocycles. The van der Waals surface area contributed by atoms with E-state index in [4.69, 9.17) is 26.8 Å². The average Bonchev–Trinajstić information content (AvgIpc) is 2.95. The summed E-state index contributed by atoms with van der Waals surface area (Å²) >= 11 is 6.43. The van der Waals surface area contributed by atoms with Gasteiger partial charge in [0.2, 0.25) is 5.91 Å². The molecule has 0 aliphatic carbocycles. The predicted molar refractivity (Wildman–Crippen MR) is 154 cm³/mol. The summed E-state index contributed by atoms with van der Waals surface area (Å²) in [5.41, 5.74) is 3.70. The minimum atomic E-state index is -5.48. The van der Waals surface area contributed by atoms with Crippen LogP contribution >= 0.6 is 11.6 Å². The second-order valence-electron chi connectivity index (χ2n) is 9.24. The first-order valence-corrected chi connectivity index (χ1v) is 12.9. The van der Waals surface area contributed by atoms with Gasteiger partial charge < -0.3 is 31.2 Å². The molecule has 0 aliphatic rings. The fourth-order valence-corrected chi connectivity index (χ4v) is 4.47. The number of anilines is 3. The molecule has 0 fully saturated rings. The number of hydrogen-bond acceptors (Lipinski definition) is 8. The smallest absolute Gasteiger partial charge is 0.491 e. The number of hydrogen-bond donors (Lipinski definition) is 4. The number of ether oxygens (including phenoxy) is 2. The van der Waals surface area contributed by atoms with Gasteiger partial charge in [-0.15, -0.1) is 0 Å². The van der Waals surface area contributed by atoms with E-state index < -0.39 is 23.8 Å². The highest BCUT2D eigenvalue weighted by atomic mass is 35.5. The summed E-state index contributed by atoms with van der Waals surface area (Å²) in [6, 6.07) is 16.3. The molecule has 0 saturated heterocycles. The molecule has 4 rings (SSSR count). The molecule has 0 radical (unpaired) electrons. The van der Waals surface area contributed by atoms with Crippen LogP contribution in [0.15, 0.2) is 72.9 Å². The van der Waals surface area contributed by atoms with Crippen LogP contribution in [0.4, 0.5) is 30.4 Å². The number of alkyl halides is 3. The summed E-state index contributed by atoms with van der Waals surface area (Å²) in [5, 5.41) is 8.65. The number of nitrogen functional groups attached to an aromatic ring is 1. The number of nitrogens with one attached hydrogen (secondary N) is 3. The van der Waals surface area contributed by atoms with Crippen molar-refractivity contribution in [3.8, 4) is 5.75 Å². The van der Waals surface area contributed by atoms with Gasteiger partial charge in [0, 0.05) is 42.0 Å². The van der Waals surface area contributed by atoms with Crippen molar-refractivity contribution >= 4 is 57.3 Å². The van der Waals surface area contributed by atoms with Crippen LogP contribution in [0.2, 0.25) is 5.02 Å². The van der Waals surface area contributed by atoms with Crippen LogP contribution in [0.3, 0.4) is 0 Å². The lowest BCUT2D eigenvalue weighted by molar-refractivity contribution is -0.213. The van der Waals surface area contributed by atoms with Crippen LogP contribution in [-0.2, 0) is 31.4 Å². The fraction of sp³-hybridized carbons (Fsp3) is 0.172. The van der Waals surface area contributed by atoms with Crippen LogP contribution in [-0.4, -0.2) is 36.1 Å². The van der Waals surface area contributed by atoms with E-state index >= 15 is 0 Å². The minimum absolute atomic E-state index is 0.0785. The van der Waals surface area contributed by atoms with Gasteiger partial charge in [-0.1, -0.05) is 23.7 Å². The Morgan fingerprint density at radius 1 is 1.00 bits per heavy atom. The zero-order valence-electron chi connectivity index (χ0n) is 22.7. The highest BCUT2D eigenvalue weighted by Crippen LogP contribution is 2.38. The second kappa shape index (κ2) is 12.4. The number of carbonyl (C=O) groups is 3. The fourth-order valence-electron chi connectivity index (χ4n) is 4.22. The molecule has 3 aromatic carbocycles. The van der Waals surface area contributed by atoms with Crippen molar-refractivity contribution in [2.45, 2.75) is 25.4 Å². The molecule has 0 bridgehead atoms. The topological polar surface area (TPSA) is 145 Å². The molecule has 2 amide bonds. The number of pyridine rings is 1. The van der Waals surface area contributed by atoms with Gasteiger partial charge in [-0.2, -0.15) is 13.2 Å². The van der Waals surface area contributed by atoms with Crippen molar-refractivity contribution < 1.29 is 37.0 Å². The van der Waals surface area contributed by atoms with Crippen LogP contribution in [0.25, 0.3) is 10.8 Å². The largest absolute Gasteiger partial charge is 0.497 e. The van der Waals surface area contributed by atoms with Gasteiger partial charge in [0.1, 0.15) is 11.6 Å². The number of methoxy groups -OCH3 is 1. The summed E-state index contributed by atoms with van der Waals surface area (Å²) in [6.07, 6.45) is -4.05. The predicted octanol–water partition coefficient (Wildman–Crippen LogP) is 5.12. The zero-order chi connectivity index (χ0) is 31.4. The van der Waals surface area contributed by atoms with E-state index in [0.29, 0.717) is 22.0 Å². The van der Waals surface area contributed by atoms with Crippen LogP contribution < -0.4 is 26.4 Å². The lowest BCUT2D eigenvalue weighted by atomic mass is 9.99. The highest BCUT2D eigenvalue weighted by molar-refractivity contribution is 6.32. The molecule has 4 aromatic rings. The van der Waals surface area contributed by atoms with Gasteiger partial charge in [-0.05, 0) is 65.5 Å². The number of amides is 2. The van der Waals surface area contributed by atoms with E-state index in [9.17, 15) is 27.6 Å². The number of fused-ring (bicyclic) bond motifs is 1. The van der Waals surface area contributed by atoms with E-state index in [2.05, 4.69) is 20.9 Å². The number of carbonyl (C=O) groups excluding carboxylic acids is 3. The maximum absolute atomic E-state index is 14.0. The van der Waals surface area contributed by atoms with E-state index in [0.717, 1.165) is 0 Å². The third-order valence-corrected chi connectivity index (χ3v) is 6.50. The van der Waals surface area contributed by atoms with E-state index in [1.165, 1.54) is 56.6 Å². The molecular formula is C29H25ClF3N5O5. The van der Waals surface area contributed by atoms with Crippen LogP contribution in [0.1, 0.15) is 18.1 Å². The number of halogens is 4. The Morgan fingerprint density at radius 3 is 2.47 bits per heavy atom. The van der Waals surface area contributed by atoms with Crippen LogP contribution in [0.5, 0.6) is 5.75 Å². The molecule has 5 N–H and O–H groups in total. The highest BCUT2D eigenvalue weighted by Gasteiger charge is 2.52. The monoisotopic (exact) mass is 615 g/mol. The molecule has 43 heavy (non-hydrogen) atoms. The normalized spacial score (nSPS) is 12.6. The Kier molecular flexibility index (Phi) is 8.95. The first-order valence-electron chi connectivity index (χ1n) is 12.5. The summed E-state index contributed by atoms with van der Waals surface area (Å²) in [7, 11) is 1.30. The number of benzene rings is 3. The molecule has 10 nitrogen and oxygen atoms in total. The second-order valence-corrected chi connectivity index (χ2v) is 9.64. The Hall–Kier alpha value is -5.04. The summed E-state index contributed by atoms with van der Waals surface area (Å²) in [6.45, 7) is 1.08. The molecule has 1 heterocycles. The first kappa shape index (κ1) is 30.9. The molecule has 0 spiro atoms. The summed E-state index contributed by atoms with van der Waals surface area (Å²) < 4.78 is 51.2. The van der Waals surface area contributed by atoms with E-state index in [1.54, 1.807) is 30.3 Å². The van der Waals surface area contributed by atoms with Crippen molar-refractivity contribution in [1.29, 1.82) is 0 Å². The Morgan fingerprint density at radius 2 is 1.77 bits per heavy atom. The Balaban J connectivity index is 1.85. The Labute approximate surface area is 248 Å². The van der Waals surface area contributed by atoms with Gasteiger partial charge >= 0.3 is 12.1 Å². The lowest BCUT2D eigenvalue weighted by Gasteiger charge is -2.35. The van der Waals surface area contributed by atoms with Gasteiger partial charge in [-0.3, -0.25) is 9.59 Å². The summed E-state index contributed by atoms with van der Waals surface area (Å²) in [5.74, 6) is -3.87. The minimum Gasteiger partial charge on any atom is -0.497 e. The summed E-state index contributed by atoms with van der Waals surface area (Å²) in [4.78, 5) is 41.9. The first-order chi connectivity index (χ1) is 20.3. The lowest BCUT2D eigenvalue weighted by Crippen LogP contribution is -2.54. The molecule has 14 heteroatoms. The number of rotatable bonds is 9. The third kappa shape index (κ3) is 7.07. The molecule has 1 atom stereocenters. The van der Waals surface area contributed by atoms with Gasteiger partial charge in [0.05, 0.1) is 12.1 Å². The van der Waals surface area contributed by atoms with Crippen molar-refractivity contribution in [2.24, 2.45) is 0 Å². The average molecular weight is 616 g/mol. The number of nitrogens with zero attached hydrogens (tertiary/aromatic N) is 1. The van der Waals surface area contributed by atoms with Gasteiger partial charge in [-0.25, -0.2) is 9.78 Å². The number of esters is 1. The van der Waals surface area contributed by atoms with Gasteiger partial charge in [0.15, 0.2) is 0 Å². The zero-order valence-corrected chi connectivity index (χ0v) is 23.5. The Bertz CT molecular complexity index is 1700. The molecule has 224 valence electrons. The molecule has 0 saturated carbocycles. The molecule has 1 unspecified atom stereocenters. The molecular weight excluding hydrogens is 591 g/mol. The van der Waals surface area contributed by atoms with Crippen molar-refractivity contribution in [3.05, 3.63) is 89.1 Å². The SMILES string of the molecule is COc1ccc(Cl)c(C(Nc2ccc3c(N)nccc3c2)(OC(=O)C(F)(F)F)C(=O)NCc2cccc(NC(C)=O)c2)c1. The van der Waals surface area contributed by atoms with Crippen molar-refractivity contribution in [3.63, 3.8) is 0 Å². The quantitative estimate of drug-likeness (QED) is 0.150. The van der Waals surface area contributed by atoms with Crippen molar-refractivity contribution in [1.82, 2.24) is 10.3 Å². The standard InChI is InChI=1S/C29H25ClF3N5O5/c1-16(39)37-19-5-3-4-17(12-19)15-36-26(40)28(43-27(41)29(31,32)33,23-14-21(42-2)7-9-24(23)30)38-20-6-8-22-18(13-20)10-11-35-25(22)34/h3-14,38H,15H2,1-2H3,(H2,34,35)(H,36,40)(H,37,39). The van der Waals surface area contributed by atoms with Crippen molar-refractivity contribution in [2.75, 3.05) is 23.5 Å². The van der Waals surface area contributed by atoms with E-state index in [-0.39, 0.29) is 40.3 Å². The maximum Gasteiger partial charge on any atom is 0.491 e. The maximum atomic E-state index is 14.0.